The molecule has 0 aromatic heterocycles. The zero-order valence-electron chi connectivity index (χ0n) is 17.9. The highest BCUT2D eigenvalue weighted by Crippen LogP contribution is 2.39. The van der Waals surface area contributed by atoms with Gasteiger partial charge in [0, 0.05) is 33.8 Å². The number of phenolic OH excluding ortho intramolecular Hbond substituents is 1. The lowest BCUT2D eigenvalue weighted by atomic mass is 9.99. The van der Waals surface area contributed by atoms with Crippen molar-refractivity contribution in [1.29, 1.82) is 0 Å². The molecular formula is C22H24Br2N2O6S. The molecule has 4 N–H and O–H groups in total. The Kier molecular flexibility index (Phi) is 11.2. The fraction of sp³-hybridized carbons (Fsp3) is 0.273. The molecule has 0 saturated carbocycles. The highest BCUT2D eigenvalue weighted by Gasteiger charge is 2.30. The van der Waals surface area contributed by atoms with Crippen LogP contribution in [0.4, 0.5) is 10.5 Å². The summed E-state index contributed by atoms with van der Waals surface area (Å²) in [5.74, 6) is -0.741. The predicted octanol–water partition coefficient (Wildman–Crippen LogP) is 5.79. The number of aromatic hydroxyl groups is 1. The molecule has 0 fully saturated rings. The van der Waals surface area contributed by atoms with Gasteiger partial charge in [0.15, 0.2) is 6.10 Å². The molecule has 2 aromatic carbocycles. The molecule has 2 atom stereocenters. The summed E-state index contributed by atoms with van der Waals surface area (Å²) >= 11 is 8.27. The van der Waals surface area contributed by atoms with Gasteiger partial charge in [-0.1, -0.05) is 22.0 Å². The van der Waals surface area contributed by atoms with Gasteiger partial charge in [-0.2, -0.15) is 0 Å². The van der Waals surface area contributed by atoms with Gasteiger partial charge in [0.05, 0.1) is 10.6 Å². The van der Waals surface area contributed by atoms with Gasteiger partial charge in [0.1, 0.15) is 5.75 Å². The number of rotatable bonds is 10. The number of benzene rings is 2. The van der Waals surface area contributed by atoms with Crippen molar-refractivity contribution in [3.05, 3.63) is 63.1 Å². The zero-order valence-corrected chi connectivity index (χ0v) is 21.9. The molecule has 0 heterocycles. The van der Waals surface area contributed by atoms with Gasteiger partial charge in [0.2, 0.25) is 0 Å². The molecule has 0 unspecified atom stereocenters. The van der Waals surface area contributed by atoms with E-state index in [0.717, 1.165) is 4.90 Å². The molecule has 2 amide bonds. The van der Waals surface area contributed by atoms with Crippen molar-refractivity contribution in [2.45, 2.75) is 29.9 Å². The Morgan fingerprint density at radius 3 is 2.52 bits per heavy atom. The summed E-state index contributed by atoms with van der Waals surface area (Å²) < 4.78 is 12.4. The number of hydroxylamine groups is 1. The number of phenols is 1. The van der Waals surface area contributed by atoms with Gasteiger partial charge >= 0.3 is 6.09 Å². The van der Waals surface area contributed by atoms with E-state index in [9.17, 15) is 14.7 Å². The monoisotopic (exact) mass is 602 g/mol. The van der Waals surface area contributed by atoms with E-state index >= 15 is 0 Å². The fourth-order valence-corrected chi connectivity index (χ4v) is 4.63. The number of allylic oxidation sites excluding steroid dienone is 1. The normalized spacial score (nSPS) is 12.9. The molecule has 2 aromatic rings. The lowest BCUT2D eigenvalue weighted by Crippen LogP contribution is -2.28. The van der Waals surface area contributed by atoms with Crippen molar-refractivity contribution in [3.8, 4) is 5.75 Å². The van der Waals surface area contributed by atoms with E-state index in [4.69, 9.17) is 14.7 Å². The van der Waals surface area contributed by atoms with E-state index in [-0.39, 0.29) is 5.75 Å². The van der Waals surface area contributed by atoms with Crippen LogP contribution in [0.3, 0.4) is 0 Å². The summed E-state index contributed by atoms with van der Waals surface area (Å²) in [6, 6.07) is 10.6. The summed E-state index contributed by atoms with van der Waals surface area (Å²) in [5, 5.41) is 21.9. The molecular weight excluding hydrogens is 580 g/mol. The van der Waals surface area contributed by atoms with E-state index in [2.05, 4.69) is 37.2 Å². The van der Waals surface area contributed by atoms with E-state index in [1.54, 1.807) is 42.1 Å². The van der Waals surface area contributed by atoms with Crippen LogP contribution in [0.15, 0.2) is 62.4 Å². The zero-order chi connectivity index (χ0) is 24.4. The smallest absolute Gasteiger partial charge is 0.412 e. The molecule has 0 aliphatic heterocycles. The minimum Gasteiger partial charge on any atom is -0.506 e. The van der Waals surface area contributed by atoms with Crippen LogP contribution in [0.5, 0.6) is 5.75 Å². The second kappa shape index (κ2) is 13.6. The lowest BCUT2D eigenvalue weighted by molar-refractivity contribution is -0.124. The summed E-state index contributed by atoms with van der Waals surface area (Å²) in [4.78, 5) is 24.9. The number of methoxy groups -OCH3 is 1. The molecule has 0 saturated heterocycles. The van der Waals surface area contributed by atoms with E-state index < -0.39 is 24.2 Å². The summed E-state index contributed by atoms with van der Waals surface area (Å²) in [6.45, 7) is 0. The maximum Gasteiger partial charge on any atom is 0.412 e. The first-order valence-corrected chi connectivity index (χ1v) is 12.5. The number of halogens is 2. The minimum atomic E-state index is -0.964. The van der Waals surface area contributed by atoms with Crippen LogP contribution in [0.2, 0.25) is 0 Å². The Labute approximate surface area is 212 Å². The van der Waals surface area contributed by atoms with Gasteiger partial charge in [-0.25, -0.2) is 10.3 Å². The van der Waals surface area contributed by atoms with Crippen molar-refractivity contribution in [2.75, 3.05) is 18.7 Å². The summed E-state index contributed by atoms with van der Waals surface area (Å²) in [5.41, 5.74) is 2.41. The first kappa shape index (κ1) is 27.2. The Bertz CT molecular complexity index is 988. The molecule has 0 bridgehead atoms. The van der Waals surface area contributed by atoms with Gasteiger partial charge < -0.3 is 14.6 Å². The van der Waals surface area contributed by atoms with Crippen molar-refractivity contribution in [2.24, 2.45) is 0 Å². The number of amides is 2. The lowest BCUT2D eigenvalue weighted by Gasteiger charge is -2.27. The van der Waals surface area contributed by atoms with Gasteiger partial charge in [-0.15, -0.1) is 11.8 Å². The molecule has 178 valence electrons. The SMILES string of the molecule is CO[C@@H](CC/C=C/C(=O)NO)[C@@H](OC(=O)Nc1ccc(SC)cc1)c1cc(Br)cc(Br)c1O. The van der Waals surface area contributed by atoms with Crippen LogP contribution >= 0.6 is 43.6 Å². The van der Waals surface area contributed by atoms with Crippen LogP contribution in [0.25, 0.3) is 0 Å². The highest BCUT2D eigenvalue weighted by molar-refractivity contribution is 9.11. The molecule has 2 rings (SSSR count). The average molecular weight is 604 g/mol. The molecule has 11 heteroatoms. The molecule has 8 nitrogen and oxygen atoms in total. The van der Waals surface area contributed by atoms with Crippen molar-refractivity contribution in [1.82, 2.24) is 5.48 Å². The van der Waals surface area contributed by atoms with Crippen molar-refractivity contribution >= 4 is 61.3 Å². The number of carbonyl (C=O) groups is 2. The van der Waals surface area contributed by atoms with E-state index in [1.807, 2.05) is 18.4 Å². The second-order valence-electron chi connectivity index (χ2n) is 6.73. The maximum absolute atomic E-state index is 12.7. The minimum absolute atomic E-state index is 0.0856. The molecule has 0 radical (unpaired) electrons. The third-order valence-electron chi connectivity index (χ3n) is 4.57. The summed E-state index contributed by atoms with van der Waals surface area (Å²) in [6.07, 6.45) is 3.11. The van der Waals surface area contributed by atoms with Gasteiger partial charge in [-0.3, -0.25) is 15.3 Å². The number of ether oxygens (including phenoxy) is 2. The largest absolute Gasteiger partial charge is 0.506 e. The van der Waals surface area contributed by atoms with Gasteiger partial charge in [0.25, 0.3) is 5.91 Å². The Hall–Kier alpha value is -2.05. The number of nitrogens with one attached hydrogen (secondary N) is 2. The van der Waals surface area contributed by atoms with Crippen molar-refractivity contribution < 1.29 is 29.4 Å². The Morgan fingerprint density at radius 2 is 1.91 bits per heavy atom. The van der Waals surface area contributed by atoms with E-state index in [0.29, 0.717) is 33.0 Å². The number of hydrogen-bond donors (Lipinski definition) is 4. The van der Waals surface area contributed by atoms with Crippen LogP contribution in [0, 0.1) is 0 Å². The fourth-order valence-electron chi connectivity index (χ4n) is 2.96. The second-order valence-corrected chi connectivity index (χ2v) is 9.38. The first-order valence-electron chi connectivity index (χ1n) is 9.72. The van der Waals surface area contributed by atoms with Crippen LogP contribution in [-0.4, -0.2) is 41.8 Å². The Balaban J connectivity index is 2.26. The average Bonchev–Trinajstić information content (AvgIpc) is 2.80. The number of thioether (sulfide) groups is 1. The quantitative estimate of drug-likeness (QED) is 0.118. The summed E-state index contributed by atoms with van der Waals surface area (Å²) in [7, 11) is 1.47. The van der Waals surface area contributed by atoms with Crippen LogP contribution in [-0.2, 0) is 14.3 Å². The Morgan fingerprint density at radius 1 is 1.21 bits per heavy atom. The first-order chi connectivity index (χ1) is 15.8. The molecule has 0 aliphatic rings. The number of anilines is 1. The third kappa shape index (κ3) is 8.35. The number of hydrogen-bond acceptors (Lipinski definition) is 7. The molecule has 0 aliphatic carbocycles. The van der Waals surface area contributed by atoms with Crippen LogP contribution < -0.4 is 10.8 Å². The van der Waals surface area contributed by atoms with E-state index in [1.165, 1.54) is 18.7 Å². The standard InChI is InChI=1S/C22H24Br2N2O6S/c1-31-18(5-3-4-6-19(27)26-30)21(16-11-13(23)12-17(24)20(16)28)32-22(29)25-14-7-9-15(33-2)10-8-14/h4,6-12,18,21,28,30H,3,5H2,1-2H3,(H,25,29)(H,26,27)/b6-4+/t18-,21-/m0/s1. The maximum atomic E-state index is 12.7. The van der Waals surface area contributed by atoms with Crippen molar-refractivity contribution in [3.63, 3.8) is 0 Å². The molecule has 0 spiro atoms. The number of carbonyl (C=O) groups excluding carboxylic acids is 2. The highest BCUT2D eigenvalue weighted by atomic mass is 79.9. The third-order valence-corrected chi connectivity index (χ3v) is 6.38. The molecule has 33 heavy (non-hydrogen) atoms. The van der Waals surface area contributed by atoms with Gasteiger partial charge in [-0.05, 0) is 71.4 Å². The van der Waals surface area contributed by atoms with Crippen LogP contribution in [0.1, 0.15) is 24.5 Å². The predicted molar refractivity (Wildman–Crippen MR) is 134 cm³/mol. The topological polar surface area (TPSA) is 117 Å².